The van der Waals surface area contributed by atoms with Crippen molar-refractivity contribution in [2.45, 2.75) is 25.4 Å². The van der Waals surface area contributed by atoms with E-state index in [1.807, 2.05) is 54.6 Å². The van der Waals surface area contributed by atoms with E-state index >= 15 is 0 Å². The van der Waals surface area contributed by atoms with Gasteiger partial charge in [0.25, 0.3) is 0 Å². The molecule has 0 aromatic heterocycles. The first-order valence-electron chi connectivity index (χ1n) is 7.44. The quantitative estimate of drug-likeness (QED) is 0.684. The zero-order valence-corrected chi connectivity index (χ0v) is 15.3. The smallest absolute Gasteiger partial charge is 0.121 e. The number of benzene rings is 2. The topological polar surface area (TPSA) is 15.6 Å². The monoisotopic (exact) mass is 360 g/mol. The molecular weight excluding hydrogens is 344 g/mol. The third-order valence-corrected chi connectivity index (χ3v) is 5.56. The molecule has 0 bridgehead atoms. The number of hydrogen-bond acceptors (Lipinski definition) is 3. The summed E-state index contributed by atoms with van der Waals surface area (Å²) >= 11 is 13.4. The minimum absolute atomic E-state index is 0.00429. The van der Waals surface area contributed by atoms with E-state index < -0.39 is 0 Å². The zero-order valence-electron chi connectivity index (χ0n) is 12.9. The molecule has 0 N–H and O–H groups in total. The average molecular weight is 361 g/mol. The molecule has 0 saturated heterocycles. The number of thiocarbonyl (C=S) groups is 1. The van der Waals surface area contributed by atoms with E-state index in [0.29, 0.717) is 0 Å². The molecule has 0 spiro atoms. The Kier molecular flexibility index (Phi) is 5.05. The van der Waals surface area contributed by atoms with Crippen molar-refractivity contribution in [3.8, 4) is 0 Å². The van der Waals surface area contributed by atoms with Crippen LogP contribution in [0.25, 0.3) is 0 Å². The third-order valence-electron chi connectivity index (χ3n) is 3.73. The molecule has 3 rings (SSSR count). The van der Waals surface area contributed by atoms with Crippen molar-refractivity contribution in [3.05, 3.63) is 70.7 Å². The summed E-state index contributed by atoms with van der Waals surface area (Å²) in [6, 6.07) is 17.9. The summed E-state index contributed by atoms with van der Waals surface area (Å²) in [5.41, 5.74) is 2.16. The van der Waals surface area contributed by atoms with Crippen LogP contribution in [0.2, 0.25) is 5.02 Å². The highest BCUT2D eigenvalue weighted by Gasteiger charge is 2.29. The lowest BCUT2D eigenvalue weighted by Gasteiger charge is -2.38. The minimum Gasteiger partial charge on any atom is -0.328 e. The van der Waals surface area contributed by atoms with Crippen LogP contribution in [-0.2, 0) is 0 Å². The van der Waals surface area contributed by atoms with E-state index in [0.717, 1.165) is 26.2 Å². The Labute approximate surface area is 151 Å². The van der Waals surface area contributed by atoms with Crippen molar-refractivity contribution in [2.75, 3.05) is 0 Å². The first kappa shape index (κ1) is 16.5. The van der Waals surface area contributed by atoms with Gasteiger partial charge in [0.05, 0.1) is 5.37 Å². The molecule has 1 aliphatic rings. The molecule has 2 atom stereocenters. The van der Waals surface area contributed by atoms with Crippen molar-refractivity contribution in [1.29, 1.82) is 0 Å². The molecular formula is C18H17ClN2S2. The van der Waals surface area contributed by atoms with Gasteiger partial charge in [0.1, 0.15) is 16.2 Å². The molecule has 1 aliphatic heterocycles. The van der Waals surface area contributed by atoms with Crippen LogP contribution in [0.4, 0.5) is 0 Å². The van der Waals surface area contributed by atoms with Gasteiger partial charge in [-0.15, -0.1) is 0 Å². The lowest BCUT2D eigenvalue weighted by molar-refractivity contribution is 0.336. The Bertz CT molecular complexity index is 728. The van der Waals surface area contributed by atoms with Crippen LogP contribution >= 0.6 is 35.6 Å². The number of halogens is 1. The molecule has 2 unspecified atom stereocenters. The van der Waals surface area contributed by atoms with Crippen LogP contribution in [0.5, 0.6) is 0 Å². The molecule has 0 amide bonds. The van der Waals surface area contributed by atoms with Crippen LogP contribution in [0, 0.1) is 0 Å². The summed E-state index contributed by atoms with van der Waals surface area (Å²) in [6.07, 6.45) is 0.00429. The lowest BCUT2D eigenvalue weighted by atomic mass is 10.2. The predicted molar refractivity (Wildman–Crippen MR) is 104 cm³/mol. The van der Waals surface area contributed by atoms with E-state index in [-0.39, 0.29) is 11.5 Å². The van der Waals surface area contributed by atoms with Gasteiger partial charge < -0.3 is 4.90 Å². The van der Waals surface area contributed by atoms with Crippen LogP contribution in [0.3, 0.4) is 0 Å². The first-order valence-corrected chi connectivity index (χ1v) is 9.11. The van der Waals surface area contributed by atoms with Gasteiger partial charge in [-0.1, -0.05) is 78.0 Å². The largest absolute Gasteiger partial charge is 0.328 e. The van der Waals surface area contributed by atoms with E-state index in [4.69, 9.17) is 28.8 Å². The average Bonchev–Trinajstić information content (AvgIpc) is 2.55. The van der Waals surface area contributed by atoms with Crippen LogP contribution < -0.4 is 0 Å². The molecule has 0 fully saturated rings. The normalized spacial score (nSPS) is 21.0. The van der Waals surface area contributed by atoms with Crippen molar-refractivity contribution in [1.82, 2.24) is 4.90 Å². The van der Waals surface area contributed by atoms with E-state index in [1.54, 1.807) is 11.8 Å². The number of hydrogen-bond donors (Lipinski definition) is 0. The fourth-order valence-electron chi connectivity index (χ4n) is 2.58. The van der Waals surface area contributed by atoms with Gasteiger partial charge in [-0.3, -0.25) is 4.99 Å². The molecule has 2 nitrogen and oxygen atoms in total. The van der Waals surface area contributed by atoms with Crippen molar-refractivity contribution >= 4 is 45.6 Å². The number of thioether (sulfide) groups is 1. The molecule has 23 heavy (non-hydrogen) atoms. The molecule has 0 radical (unpaired) electrons. The summed E-state index contributed by atoms with van der Waals surface area (Å²) < 4.78 is 0. The number of aliphatic imine (C=N–C) groups is 1. The Morgan fingerprint density at radius 3 is 2.35 bits per heavy atom. The Morgan fingerprint density at radius 1 is 1.09 bits per heavy atom. The Morgan fingerprint density at radius 2 is 1.74 bits per heavy atom. The molecule has 2 aromatic carbocycles. The van der Waals surface area contributed by atoms with Crippen LogP contribution in [-0.4, -0.2) is 26.5 Å². The van der Waals surface area contributed by atoms with Gasteiger partial charge in [-0.05, 0) is 26.0 Å². The highest BCUT2D eigenvalue weighted by Crippen LogP contribution is 2.31. The SMILES string of the molecule is CC1N=C(c2ccc(Cl)cc2)SC(C)N1C(=S)c1ccccc1. The van der Waals surface area contributed by atoms with Crippen molar-refractivity contribution < 1.29 is 0 Å². The molecule has 5 heteroatoms. The van der Waals surface area contributed by atoms with Crippen LogP contribution in [0.15, 0.2) is 59.6 Å². The minimum atomic E-state index is 0.00429. The van der Waals surface area contributed by atoms with E-state index in [2.05, 4.69) is 18.7 Å². The van der Waals surface area contributed by atoms with Gasteiger partial charge in [-0.25, -0.2) is 0 Å². The standard InChI is InChI=1S/C18H17ClN2S2/c1-12-20-17(14-8-10-16(19)11-9-14)23-13(2)21(12)18(22)15-6-4-3-5-7-15/h3-13H,1-2H3. The highest BCUT2D eigenvalue weighted by molar-refractivity contribution is 8.15. The Balaban J connectivity index is 1.86. The second kappa shape index (κ2) is 7.04. The maximum atomic E-state index is 5.97. The number of nitrogens with zero attached hydrogens (tertiary/aromatic N) is 2. The summed E-state index contributed by atoms with van der Waals surface area (Å²) in [6.45, 7) is 4.25. The second-order valence-electron chi connectivity index (χ2n) is 5.37. The first-order chi connectivity index (χ1) is 11.1. The van der Waals surface area contributed by atoms with Crippen molar-refractivity contribution in [2.24, 2.45) is 4.99 Å². The van der Waals surface area contributed by atoms with E-state index in [1.165, 1.54) is 0 Å². The van der Waals surface area contributed by atoms with Crippen LogP contribution in [0.1, 0.15) is 25.0 Å². The van der Waals surface area contributed by atoms with Gasteiger partial charge in [0.2, 0.25) is 0 Å². The maximum absolute atomic E-state index is 5.97. The van der Waals surface area contributed by atoms with Gasteiger partial charge in [0.15, 0.2) is 0 Å². The molecule has 2 aromatic rings. The summed E-state index contributed by atoms with van der Waals surface area (Å²) in [5.74, 6) is 0. The second-order valence-corrected chi connectivity index (χ2v) is 7.50. The van der Waals surface area contributed by atoms with Gasteiger partial charge >= 0.3 is 0 Å². The third kappa shape index (κ3) is 3.60. The highest BCUT2D eigenvalue weighted by atomic mass is 35.5. The van der Waals surface area contributed by atoms with Gasteiger partial charge in [0, 0.05) is 16.1 Å². The molecule has 1 heterocycles. The number of rotatable bonds is 2. The lowest BCUT2D eigenvalue weighted by Crippen LogP contribution is -2.45. The van der Waals surface area contributed by atoms with E-state index in [9.17, 15) is 0 Å². The summed E-state index contributed by atoms with van der Waals surface area (Å²) in [5, 5.41) is 2.00. The van der Waals surface area contributed by atoms with Crippen molar-refractivity contribution in [3.63, 3.8) is 0 Å². The summed E-state index contributed by atoms with van der Waals surface area (Å²) in [7, 11) is 0. The molecule has 0 saturated carbocycles. The zero-order chi connectivity index (χ0) is 16.4. The fraction of sp³-hybridized carbons (Fsp3) is 0.222. The predicted octanol–water partition coefficient (Wildman–Crippen LogP) is 5.20. The Hall–Kier alpha value is -1.36. The fourth-order valence-corrected chi connectivity index (χ4v) is 4.43. The molecule has 118 valence electrons. The maximum Gasteiger partial charge on any atom is 0.121 e. The van der Waals surface area contributed by atoms with Gasteiger partial charge in [-0.2, -0.15) is 0 Å². The summed E-state index contributed by atoms with van der Waals surface area (Å²) in [4.78, 5) is 7.87. The molecule has 0 aliphatic carbocycles.